The second kappa shape index (κ2) is 8.49. The van der Waals surface area contributed by atoms with Crippen molar-refractivity contribution in [1.82, 2.24) is 20.1 Å². The van der Waals surface area contributed by atoms with Crippen molar-refractivity contribution in [2.24, 2.45) is 5.73 Å². The van der Waals surface area contributed by atoms with E-state index in [0.717, 1.165) is 17.3 Å². The minimum Gasteiger partial charge on any atom is -0.461 e. The van der Waals surface area contributed by atoms with Crippen LogP contribution in [0.2, 0.25) is 0 Å². The van der Waals surface area contributed by atoms with Crippen molar-refractivity contribution in [3.05, 3.63) is 42.2 Å². The van der Waals surface area contributed by atoms with E-state index < -0.39 is 5.91 Å². The molecule has 30 heavy (non-hydrogen) atoms. The number of ether oxygens (including phenoxy) is 2. The molecule has 0 aliphatic carbocycles. The van der Waals surface area contributed by atoms with Gasteiger partial charge in [0.1, 0.15) is 6.54 Å². The van der Waals surface area contributed by atoms with Gasteiger partial charge in [-0.1, -0.05) is 17.8 Å². The van der Waals surface area contributed by atoms with Crippen LogP contribution in [0.1, 0.15) is 18.5 Å². The number of nitrogens with one attached hydrogen (secondary N) is 1. The first-order valence-electron chi connectivity index (χ1n) is 9.08. The molecule has 0 radical (unpaired) electrons. The number of amides is 2. The number of hydrogen-bond donors (Lipinski definition) is 2. The zero-order valence-electron chi connectivity index (χ0n) is 16.0. The maximum Gasteiger partial charge on any atom is 0.237 e. The smallest absolute Gasteiger partial charge is 0.237 e. The Hall–Kier alpha value is -3.47. The van der Waals surface area contributed by atoms with E-state index in [9.17, 15) is 9.59 Å². The summed E-state index contributed by atoms with van der Waals surface area (Å²) < 4.78 is 17.5. The zero-order valence-corrected chi connectivity index (χ0v) is 16.8. The molecule has 0 saturated heterocycles. The molecule has 1 aliphatic heterocycles. The molecule has 2 amide bonds. The maximum absolute atomic E-state index is 12.4. The van der Waals surface area contributed by atoms with E-state index in [1.165, 1.54) is 10.8 Å². The van der Waals surface area contributed by atoms with E-state index in [1.807, 2.05) is 25.1 Å². The summed E-state index contributed by atoms with van der Waals surface area (Å²) in [6.07, 6.45) is 1.50. The normalized spacial score (nSPS) is 13.2. The van der Waals surface area contributed by atoms with Crippen molar-refractivity contribution >= 4 is 23.6 Å². The molecule has 0 unspecified atom stereocenters. The van der Waals surface area contributed by atoms with Gasteiger partial charge >= 0.3 is 0 Å². The van der Waals surface area contributed by atoms with Gasteiger partial charge in [-0.15, -0.1) is 10.2 Å². The third-order valence-electron chi connectivity index (χ3n) is 4.38. The van der Waals surface area contributed by atoms with Crippen LogP contribution >= 0.6 is 11.8 Å². The highest BCUT2D eigenvalue weighted by atomic mass is 32.2. The number of furan rings is 1. The number of rotatable bonds is 8. The van der Waals surface area contributed by atoms with Crippen LogP contribution in [-0.2, 0) is 16.1 Å². The van der Waals surface area contributed by atoms with E-state index >= 15 is 0 Å². The van der Waals surface area contributed by atoms with Gasteiger partial charge in [-0.05, 0) is 36.8 Å². The number of primary amides is 1. The Morgan fingerprint density at radius 3 is 2.87 bits per heavy atom. The average molecular weight is 429 g/mol. The average Bonchev–Trinajstić information content (AvgIpc) is 3.46. The number of nitrogens with zero attached hydrogens (tertiary/aromatic N) is 3. The highest BCUT2D eigenvalue weighted by Crippen LogP contribution is 2.34. The SMILES string of the molecule is C[C@H](NC(=O)CSc1nnc(-c2ccco2)n1CC(N)=O)c1ccc2c(c1)OCO2. The van der Waals surface area contributed by atoms with Crippen LogP contribution in [0.25, 0.3) is 11.6 Å². The minimum absolute atomic E-state index is 0.0872. The maximum atomic E-state index is 12.4. The van der Waals surface area contributed by atoms with Gasteiger partial charge in [0.15, 0.2) is 22.4 Å². The molecule has 1 aromatic carbocycles. The van der Waals surface area contributed by atoms with Crippen LogP contribution < -0.4 is 20.5 Å². The van der Waals surface area contributed by atoms with Crippen LogP contribution in [0, 0.1) is 0 Å². The summed E-state index contributed by atoms with van der Waals surface area (Å²) in [5, 5.41) is 11.5. The summed E-state index contributed by atoms with van der Waals surface area (Å²) in [5.41, 5.74) is 6.24. The Morgan fingerprint density at radius 2 is 2.10 bits per heavy atom. The molecular weight excluding hydrogens is 410 g/mol. The van der Waals surface area contributed by atoms with E-state index in [-0.39, 0.29) is 31.0 Å². The van der Waals surface area contributed by atoms with Crippen molar-refractivity contribution in [3.63, 3.8) is 0 Å². The van der Waals surface area contributed by atoms with E-state index in [4.69, 9.17) is 19.6 Å². The zero-order chi connectivity index (χ0) is 21.1. The summed E-state index contributed by atoms with van der Waals surface area (Å²) in [4.78, 5) is 23.9. The van der Waals surface area contributed by atoms with Crippen molar-refractivity contribution in [1.29, 1.82) is 0 Å². The lowest BCUT2D eigenvalue weighted by Gasteiger charge is -2.14. The summed E-state index contributed by atoms with van der Waals surface area (Å²) in [7, 11) is 0. The number of thioether (sulfide) groups is 1. The van der Waals surface area contributed by atoms with Crippen LogP contribution in [0.3, 0.4) is 0 Å². The predicted molar refractivity (Wildman–Crippen MR) is 107 cm³/mol. The first-order chi connectivity index (χ1) is 14.5. The third kappa shape index (κ3) is 4.25. The van der Waals surface area contributed by atoms with E-state index in [1.54, 1.807) is 12.1 Å². The number of aromatic nitrogens is 3. The second-order valence-electron chi connectivity index (χ2n) is 6.53. The van der Waals surface area contributed by atoms with Crippen molar-refractivity contribution < 1.29 is 23.5 Å². The van der Waals surface area contributed by atoms with Crippen molar-refractivity contribution in [3.8, 4) is 23.1 Å². The second-order valence-corrected chi connectivity index (χ2v) is 7.47. The molecule has 0 spiro atoms. The Labute approximate surface area is 175 Å². The molecule has 2 aromatic heterocycles. The standard InChI is InChI=1S/C19H19N5O5S/c1-11(12-4-5-13-15(7-12)29-10-28-13)21-17(26)9-30-19-23-22-18(14-3-2-6-27-14)24(19)8-16(20)25/h2-7,11H,8-10H2,1H3,(H2,20,25)(H,21,26)/t11-/m0/s1. The monoisotopic (exact) mass is 429 g/mol. The summed E-state index contributed by atoms with van der Waals surface area (Å²) in [6, 6.07) is 8.73. The number of carbonyl (C=O) groups is 2. The Morgan fingerprint density at radius 1 is 1.27 bits per heavy atom. The fourth-order valence-corrected chi connectivity index (χ4v) is 3.71. The van der Waals surface area contributed by atoms with Gasteiger partial charge in [-0.3, -0.25) is 14.2 Å². The highest BCUT2D eigenvalue weighted by Gasteiger charge is 2.20. The van der Waals surface area contributed by atoms with Gasteiger partial charge < -0.3 is 24.9 Å². The Balaban J connectivity index is 1.40. The first-order valence-corrected chi connectivity index (χ1v) is 10.1. The predicted octanol–water partition coefficient (Wildman–Crippen LogP) is 1.72. The highest BCUT2D eigenvalue weighted by molar-refractivity contribution is 7.99. The van der Waals surface area contributed by atoms with E-state index in [0.29, 0.717) is 28.2 Å². The number of fused-ring (bicyclic) bond motifs is 1. The molecule has 0 saturated carbocycles. The molecule has 156 valence electrons. The molecule has 3 N–H and O–H groups in total. The lowest BCUT2D eigenvalue weighted by molar-refractivity contribution is -0.119. The largest absolute Gasteiger partial charge is 0.461 e. The molecule has 11 heteroatoms. The van der Waals surface area contributed by atoms with Crippen LogP contribution in [0.4, 0.5) is 0 Å². The molecular formula is C19H19N5O5S. The molecule has 3 heterocycles. The van der Waals surface area contributed by atoms with Gasteiger partial charge in [0.2, 0.25) is 24.4 Å². The topological polar surface area (TPSA) is 135 Å². The van der Waals surface area contributed by atoms with Gasteiger partial charge in [0, 0.05) is 0 Å². The van der Waals surface area contributed by atoms with Crippen LogP contribution in [-0.4, -0.2) is 39.1 Å². The summed E-state index contributed by atoms with van der Waals surface area (Å²) >= 11 is 1.16. The van der Waals surface area contributed by atoms with Gasteiger partial charge in [-0.2, -0.15) is 0 Å². The summed E-state index contributed by atoms with van der Waals surface area (Å²) in [5.74, 6) is 1.52. The van der Waals surface area contributed by atoms with Gasteiger partial charge in [-0.25, -0.2) is 0 Å². The molecule has 4 rings (SSSR count). The molecule has 10 nitrogen and oxygen atoms in total. The first kappa shape index (κ1) is 19.8. The minimum atomic E-state index is -0.551. The molecule has 1 aliphatic rings. The van der Waals surface area contributed by atoms with Crippen molar-refractivity contribution in [2.45, 2.75) is 24.7 Å². The third-order valence-corrected chi connectivity index (χ3v) is 5.35. The lowest BCUT2D eigenvalue weighted by Crippen LogP contribution is -2.28. The van der Waals surface area contributed by atoms with Crippen molar-refractivity contribution in [2.75, 3.05) is 12.5 Å². The molecule has 0 bridgehead atoms. The van der Waals surface area contributed by atoms with Crippen LogP contribution in [0.5, 0.6) is 11.5 Å². The Kier molecular flexibility index (Phi) is 5.61. The number of benzene rings is 1. The van der Waals surface area contributed by atoms with Gasteiger partial charge in [0.25, 0.3) is 0 Å². The number of nitrogens with two attached hydrogens (primary N) is 1. The Bertz CT molecular complexity index is 1070. The van der Waals surface area contributed by atoms with Gasteiger partial charge in [0.05, 0.1) is 18.1 Å². The molecule has 1 atom stereocenters. The number of hydrogen-bond acceptors (Lipinski definition) is 8. The summed E-state index contributed by atoms with van der Waals surface area (Å²) in [6.45, 7) is 1.95. The quantitative estimate of drug-likeness (QED) is 0.517. The molecule has 0 fully saturated rings. The lowest BCUT2D eigenvalue weighted by atomic mass is 10.1. The van der Waals surface area contributed by atoms with E-state index in [2.05, 4.69) is 15.5 Å². The molecule has 3 aromatic rings. The van der Waals surface area contributed by atoms with Crippen LogP contribution in [0.15, 0.2) is 46.2 Å². The number of carbonyl (C=O) groups excluding carboxylic acids is 2. The fourth-order valence-electron chi connectivity index (χ4n) is 2.96. The fraction of sp³-hybridized carbons (Fsp3) is 0.263.